The van der Waals surface area contributed by atoms with Crippen LogP contribution in [0.2, 0.25) is 0 Å². The molecule has 0 bridgehead atoms. The molecule has 0 saturated heterocycles. The van der Waals surface area contributed by atoms with E-state index in [0.29, 0.717) is 113 Å². The minimum absolute atomic E-state index is 0.0733. The Hall–Kier alpha value is -7.49. The molecule has 9 rings (SSSR count). The lowest BCUT2D eigenvalue weighted by molar-refractivity contribution is -0.145. The molecule has 3 fully saturated rings. The summed E-state index contributed by atoms with van der Waals surface area (Å²) >= 11 is 0. The zero-order valence-corrected chi connectivity index (χ0v) is 52.7. The predicted molar refractivity (Wildman–Crippen MR) is 324 cm³/mol. The average Bonchev–Trinajstić information content (AvgIpc) is 0.829. The number of benzene rings is 6. The minimum Gasteiger partial charge on any atom is -0.373 e. The van der Waals surface area contributed by atoms with Gasteiger partial charge in [0.15, 0.2) is 0 Å². The van der Waals surface area contributed by atoms with Crippen LogP contribution < -0.4 is 11.5 Å². The summed E-state index contributed by atoms with van der Waals surface area (Å²) in [4.78, 5) is 18.8. The first-order chi connectivity index (χ1) is 45.0. The van der Waals surface area contributed by atoms with Crippen LogP contribution in [-0.2, 0) is 72.3 Å². The van der Waals surface area contributed by atoms with E-state index >= 15 is 0 Å². The van der Waals surface area contributed by atoms with Gasteiger partial charge in [0.05, 0.1) is 71.5 Å². The summed E-state index contributed by atoms with van der Waals surface area (Å²) in [6.07, 6.45) is -27.1. The van der Waals surface area contributed by atoms with E-state index < -0.39 is 116 Å². The quantitative estimate of drug-likeness (QED) is 0.0784. The molecule has 97 heavy (non-hydrogen) atoms. The zero-order valence-electron chi connectivity index (χ0n) is 52.7. The lowest BCUT2D eigenvalue weighted by atomic mass is 9.67. The van der Waals surface area contributed by atoms with Gasteiger partial charge >= 0.3 is 37.1 Å². The number of rotatable bonds is 15. The fourth-order valence-electron chi connectivity index (χ4n) is 12.3. The maximum Gasteiger partial charge on any atom is 0.416 e. The first kappa shape index (κ1) is 76.9. The van der Waals surface area contributed by atoms with Crippen LogP contribution in [-0.4, -0.2) is 36.9 Å². The van der Waals surface area contributed by atoms with E-state index in [1.807, 2.05) is 91.0 Å². The Balaban J connectivity index is 0.000000205. The van der Waals surface area contributed by atoms with Crippen LogP contribution in [0.25, 0.3) is 9.69 Å². The van der Waals surface area contributed by atoms with Crippen LogP contribution in [0, 0.1) is 13.1 Å². The van der Waals surface area contributed by atoms with Crippen molar-refractivity contribution in [3.05, 3.63) is 235 Å². The van der Waals surface area contributed by atoms with E-state index in [2.05, 4.69) is 9.69 Å². The molecule has 3 saturated carbocycles. The highest BCUT2D eigenvalue weighted by Crippen LogP contribution is 2.48. The largest absolute Gasteiger partial charge is 0.416 e. The van der Waals surface area contributed by atoms with E-state index in [-0.39, 0.29) is 60.5 Å². The maximum atomic E-state index is 13.2. The summed E-state index contributed by atoms with van der Waals surface area (Å²) in [7, 11) is 0. The van der Waals surface area contributed by atoms with Crippen LogP contribution in [0.3, 0.4) is 0 Å². The topological polar surface area (TPSA) is 106 Å². The Morgan fingerprint density at radius 3 is 0.763 bits per heavy atom. The lowest BCUT2D eigenvalue weighted by Crippen LogP contribution is -2.47. The maximum absolute atomic E-state index is 13.2. The third-order valence-electron chi connectivity index (χ3n) is 18.6. The number of halogens is 18. The minimum atomic E-state index is -4.92. The molecule has 0 amide bonds. The standard InChI is InChI=1S/2C24H24F6N2O.C23H22F6O2/c2*1-16(17-12-19(23(25,26)27)14-20(13-17)24(28,29)30)33-15-21(18-6-4-3-5-7-18)8-10-22(31,32-2)11-9-21;1-15(16-11-18(22(24,25)26)13-19(12-16)23(27,28)29)31-14-21(9-7-20(30)8-10-21)17-5-3-2-4-6-17/h2*3-7,12-14,16H,8-11,15,31H2,1H3;2-6,11-13,15H,7-10,14H2,1H3/t2*16-,21?,22?;15-/m111/s1. The van der Waals surface area contributed by atoms with Crippen molar-refractivity contribution < 1.29 is 98.0 Å². The van der Waals surface area contributed by atoms with Crippen molar-refractivity contribution in [1.29, 1.82) is 0 Å². The van der Waals surface area contributed by atoms with E-state index in [9.17, 15) is 83.8 Å². The summed E-state index contributed by atoms with van der Waals surface area (Å²) in [6.45, 7) is 19.2. The molecule has 8 nitrogen and oxygen atoms in total. The Morgan fingerprint density at radius 1 is 0.361 bits per heavy atom. The Kier molecular flexibility index (Phi) is 23.7. The number of alkyl halides is 18. The summed E-state index contributed by atoms with van der Waals surface area (Å²) in [5.74, 6) is 0.132. The molecule has 0 radical (unpaired) electrons. The van der Waals surface area contributed by atoms with Gasteiger partial charge in [-0.05, 0) is 147 Å². The molecule has 3 atom stereocenters. The monoisotopic (exact) mass is 1380 g/mol. The van der Waals surface area contributed by atoms with Crippen LogP contribution >= 0.6 is 0 Å². The highest BCUT2D eigenvalue weighted by Gasteiger charge is 2.49. The molecular weight excluding hydrogens is 1310 g/mol. The molecule has 0 aliphatic heterocycles. The predicted octanol–water partition coefficient (Wildman–Crippen LogP) is 20.7. The number of carbonyl (C=O) groups excluding carboxylic acids is 1. The van der Waals surface area contributed by atoms with Gasteiger partial charge in [0.25, 0.3) is 11.3 Å². The Morgan fingerprint density at radius 2 is 0.567 bits per heavy atom. The molecule has 6 aromatic carbocycles. The van der Waals surface area contributed by atoms with Crippen molar-refractivity contribution in [3.8, 4) is 0 Å². The van der Waals surface area contributed by atoms with Gasteiger partial charge in [-0.3, -0.25) is 26.0 Å². The molecule has 4 N–H and O–H groups in total. The van der Waals surface area contributed by atoms with Crippen molar-refractivity contribution in [2.45, 2.75) is 181 Å². The van der Waals surface area contributed by atoms with Gasteiger partial charge in [0.2, 0.25) is 0 Å². The zero-order chi connectivity index (χ0) is 71.9. The SMILES string of the molecule is C[C@@H](OCC1(c2ccccc2)CCC(=O)CC1)c1cc(C(F)(F)F)cc(C(F)(F)F)c1.[C-]#[N+]C1(N)CCC(CO[C@H](C)c2cc(C(F)(F)F)cc(C(F)(F)F)c2)(c2ccccc2)CC1.[C-]#[N+]C1(N)CCC(CO[C@H](C)c2cc(C(F)(F)F)cc(C(F)(F)F)c2)(c2ccccc2)CC1. The number of hydrogen-bond acceptors (Lipinski definition) is 6. The first-order valence-corrected chi connectivity index (χ1v) is 30.7. The second-order valence-electron chi connectivity index (χ2n) is 25.3. The third-order valence-corrected chi connectivity index (χ3v) is 18.6. The number of ether oxygens (including phenoxy) is 3. The van der Waals surface area contributed by atoms with Crippen LogP contribution in [0.1, 0.15) is 183 Å². The van der Waals surface area contributed by atoms with Crippen LogP contribution in [0.15, 0.2) is 146 Å². The normalized spacial score (nSPS) is 22.7. The van der Waals surface area contributed by atoms with Gasteiger partial charge in [0, 0.05) is 54.8 Å². The summed E-state index contributed by atoms with van der Waals surface area (Å²) in [5.41, 5.74) is 2.64. The van der Waals surface area contributed by atoms with Gasteiger partial charge < -0.3 is 14.2 Å². The van der Waals surface area contributed by atoms with Crippen molar-refractivity contribution in [2.24, 2.45) is 11.5 Å². The number of nitrogens with zero attached hydrogens (tertiary/aromatic N) is 2. The highest BCUT2D eigenvalue weighted by molar-refractivity contribution is 5.79. The Labute approximate surface area is 549 Å². The molecule has 0 aromatic heterocycles. The van der Waals surface area contributed by atoms with Crippen molar-refractivity contribution >= 4 is 5.78 Å². The van der Waals surface area contributed by atoms with Crippen molar-refractivity contribution in [2.75, 3.05) is 19.8 Å². The second-order valence-corrected chi connectivity index (χ2v) is 25.3. The molecule has 0 unspecified atom stereocenters. The first-order valence-electron chi connectivity index (χ1n) is 30.7. The van der Waals surface area contributed by atoms with Gasteiger partial charge in [-0.15, -0.1) is 0 Å². The van der Waals surface area contributed by atoms with Gasteiger partial charge in [-0.2, -0.15) is 79.0 Å². The number of hydrogen-bond donors (Lipinski definition) is 2. The number of Topliss-reactive ketones (excluding diaryl/α,β-unsaturated/α-hetero) is 1. The fourth-order valence-corrected chi connectivity index (χ4v) is 12.3. The average molecular weight is 1390 g/mol. The summed E-state index contributed by atoms with van der Waals surface area (Å²) in [5, 5.41) is 0. The summed E-state index contributed by atoms with van der Waals surface area (Å²) < 4.78 is 255. The van der Waals surface area contributed by atoms with Crippen molar-refractivity contribution in [3.63, 3.8) is 0 Å². The smallest absolute Gasteiger partial charge is 0.373 e. The Bertz CT molecular complexity index is 3420. The van der Waals surface area contributed by atoms with Gasteiger partial charge in [0.1, 0.15) is 5.78 Å². The third kappa shape index (κ3) is 19.9. The molecule has 0 spiro atoms. The fraction of sp³-hybridized carbons (Fsp3) is 0.451. The van der Waals surface area contributed by atoms with Crippen molar-refractivity contribution in [1.82, 2.24) is 0 Å². The molecular formula is C71H70F18N4O4. The number of ketones is 1. The van der Waals surface area contributed by atoms with E-state index in [1.165, 1.54) is 20.8 Å². The van der Waals surface area contributed by atoms with E-state index in [4.69, 9.17) is 38.8 Å². The van der Waals surface area contributed by atoms with E-state index in [1.54, 1.807) is 0 Å². The molecule has 3 aliphatic carbocycles. The molecule has 6 aromatic rings. The number of carbonyl (C=O) groups is 1. The molecule has 0 heterocycles. The number of nitrogens with two attached hydrogens (primary N) is 2. The summed E-state index contributed by atoms with van der Waals surface area (Å²) in [6, 6.07) is 32.5. The molecule has 26 heteroatoms. The highest BCUT2D eigenvalue weighted by atomic mass is 19.4. The molecule has 524 valence electrons. The molecule has 3 aliphatic rings. The van der Waals surface area contributed by atoms with Gasteiger partial charge in [-0.25, -0.2) is 13.1 Å². The van der Waals surface area contributed by atoms with Crippen LogP contribution in [0.5, 0.6) is 0 Å². The van der Waals surface area contributed by atoms with Gasteiger partial charge in [-0.1, -0.05) is 91.0 Å². The van der Waals surface area contributed by atoms with Crippen LogP contribution in [0.4, 0.5) is 79.0 Å². The lowest BCUT2D eigenvalue weighted by Gasteiger charge is -2.41. The van der Waals surface area contributed by atoms with E-state index in [0.717, 1.165) is 16.7 Å². The second kappa shape index (κ2) is 29.9.